The summed E-state index contributed by atoms with van der Waals surface area (Å²) in [6.45, 7) is 4.29. The van der Waals surface area contributed by atoms with Crippen molar-refractivity contribution in [3.8, 4) is 5.75 Å². The average Bonchev–Trinajstić information content (AvgIpc) is 3.14. The summed E-state index contributed by atoms with van der Waals surface area (Å²) in [7, 11) is 0. The van der Waals surface area contributed by atoms with Gasteiger partial charge in [0.1, 0.15) is 12.4 Å². The molecular weight excluding hydrogens is 330 g/mol. The Morgan fingerprint density at radius 1 is 1.35 bits per heavy atom. The fourth-order valence-electron chi connectivity index (χ4n) is 1.94. The first-order chi connectivity index (χ1) is 11.1. The molecule has 5 nitrogen and oxygen atoms in total. The minimum atomic E-state index is -0.200. The van der Waals surface area contributed by atoms with E-state index >= 15 is 0 Å². The first kappa shape index (κ1) is 15.6. The number of thiazole rings is 2. The van der Waals surface area contributed by atoms with Crippen LogP contribution in [-0.4, -0.2) is 15.9 Å². The lowest BCUT2D eigenvalue weighted by molar-refractivity contribution is 0.102. The zero-order chi connectivity index (χ0) is 16.2. The molecule has 1 amide bonds. The molecular formula is C16H15N3O2S2. The molecule has 1 N–H and O–H groups in total. The fraction of sp³-hybridized carbons (Fsp3) is 0.188. The number of amides is 1. The number of nitrogens with zero attached hydrogens (tertiary/aromatic N) is 2. The fourth-order valence-corrected chi connectivity index (χ4v) is 3.20. The van der Waals surface area contributed by atoms with Gasteiger partial charge in [-0.15, -0.1) is 22.7 Å². The highest BCUT2D eigenvalue weighted by molar-refractivity contribution is 7.15. The van der Waals surface area contributed by atoms with Crippen molar-refractivity contribution in [2.24, 2.45) is 0 Å². The Hall–Kier alpha value is -2.25. The summed E-state index contributed by atoms with van der Waals surface area (Å²) < 4.78 is 5.70. The number of ether oxygens (including phenoxy) is 1. The largest absolute Gasteiger partial charge is 0.487 e. The van der Waals surface area contributed by atoms with Gasteiger partial charge in [-0.25, -0.2) is 9.97 Å². The number of aryl methyl sites for hydroxylation is 2. The summed E-state index contributed by atoms with van der Waals surface area (Å²) in [5.41, 5.74) is 1.42. The van der Waals surface area contributed by atoms with Gasteiger partial charge in [-0.05, 0) is 32.0 Å². The van der Waals surface area contributed by atoms with Gasteiger partial charge in [0.05, 0.1) is 10.7 Å². The summed E-state index contributed by atoms with van der Waals surface area (Å²) in [5, 5.41) is 6.36. The van der Waals surface area contributed by atoms with Crippen molar-refractivity contribution in [3.05, 3.63) is 57.0 Å². The van der Waals surface area contributed by atoms with Crippen molar-refractivity contribution < 1.29 is 9.53 Å². The number of hydrogen-bond donors (Lipinski definition) is 1. The smallest absolute Gasteiger partial charge is 0.257 e. The third-order valence-electron chi connectivity index (χ3n) is 2.99. The van der Waals surface area contributed by atoms with Crippen molar-refractivity contribution in [1.82, 2.24) is 9.97 Å². The minimum Gasteiger partial charge on any atom is -0.487 e. The van der Waals surface area contributed by atoms with E-state index in [0.29, 0.717) is 23.1 Å². The van der Waals surface area contributed by atoms with Gasteiger partial charge in [0.2, 0.25) is 0 Å². The van der Waals surface area contributed by atoms with Gasteiger partial charge in [-0.1, -0.05) is 6.07 Å². The molecule has 2 aromatic heterocycles. The minimum absolute atomic E-state index is 0.200. The molecule has 0 aliphatic rings. The van der Waals surface area contributed by atoms with Gasteiger partial charge in [-0.3, -0.25) is 10.1 Å². The van der Waals surface area contributed by atoms with Gasteiger partial charge in [0, 0.05) is 22.0 Å². The second kappa shape index (κ2) is 6.89. The van der Waals surface area contributed by atoms with E-state index in [1.807, 2.05) is 25.3 Å². The first-order valence-electron chi connectivity index (χ1n) is 6.98. The van der Waals surface area contributed by atoms with Crippen LogP contribution in [0.15, 0.2) is 35.8 Å². The molecule has 0 unspecified atom stereocenters. The normalized spacial score (nSPS) is 10.5. The molecule has 0 bridgehead atoms. The van der Waals surface area contributed by atoms with Gasteiger partial charge in [-0.2, -0.15) is 0 Å². The van der Waals surface area contributed by atoms with E-state index in [-0.39, 0.29) is 5.91 Å². The first-order valence-corrected chi connectivity index (χ1v) is 8.67. The lowest BCUT2D eigenvalue weighted by Crippen LogP contribution is -2.11. The average molecular weight is 345 g/mol. The van der Waals surface area contributed by atoms with E-state index in [4.69, 9.17) is 4.74 Å². The molecule has 0 atom stereocenters. The van der Waals surface area contributed by atoms with Crippen LogP contribution in [0, 0.1) is 13.8 Å². The van der Waals surface area contributed by atoms with E-state index < -0.39 is 0 Å². The van der Waals surface area contributed by atoms with Crippen LogP contribution in [-0.2, 0) is 6.61 Å². The van der Waals surface area contributed by atoms with Crippen LogP contribution in [0.5, 0.6) is 5.75 Å². The molecule has 0 fully saturated rings. The predicted octanol–water partition coefficient (Wildman–Crippen LogP) is 4.05. The molecule has 3 rings (SSSR count). The number of benzene rings is 1. The zero-order valence-corrected chi connectivity index (χ0v) is 14.3. The molecule has 118 valence electrons. The van der Waals surface area contributed by atoms with Crippen LogP contribution in [0.3, 0.4) is 0 Å². The second-order valence-corrected chi connectivity index (χ2v) is 7.20. The van der Waals surface area contributed by atoms with Gasteiger partial charge in [0.25, 0.3) is 5.91 Å². The Bertz CT molecular complexity index is 826. The molecule has 0 radical (unpaired) electrons. The highest BCUT2D eigenvalue weighted by Gasteiger charge is 2.09. The van der Waals surface area contributed by atoms with Crippen LogP contribution in [0.1, 0.15) is 25.9 Å². The van der Waals surface area contributed by atoms with Gasteiger partial charge in [0.15, 0.2) is 5.13 Å². The molecule has 3 aromatic rings. The molecule has 0 saturated carbocycles. The summed E-state index contributed by atoms with van der Waals surface area (Å²) in [6.07, 6.45) is 1.73. The molecule has 0 spiro atoms. The van der Waals surface area contributed by atoms with Crippen LogP contribution in [0.2, 0.25) is 0 Å². The summed E-state index contributed by atoms with van der Waals surface area (Å²) >= 11 is 3.03. The molecule has 0 saturated heterocycles. The summed E-state index contributed by atoms with van der Waals surface area (Å²) in [5.74, 6) is 0.438. The van der Waals surface area contributed by atoms with Crippen LogP contribution in [0.25, 0.3) is 0 Å². The monoisotopic (exact) mass is 345 g/mol. The molecule has 0 aliphatic heterocycles. The van der Waals surface area contributed by atoms with Gasteiger partial charge >= 0.3 is 0 Å². The third kappa shape index (κ3) is 4.14. The molecule has 1 aromatic carbocycles. The van der Waals surface area contributed by atoms with Crippen LogP contribution in [0.4, 0.5) is 5.13 Å². The van der Waals surface area contributed by atoms with Crippen molar-refractivity contribution in [2.75, 3.05) is 5.32 Å². The lowest BCUT2D eigenvalue weighted by atomic mass is 10.2. The maximum absolute atomic E-state index is 12.2. The Morgan fingerprint density at radius 2 is 2.22 bits per heavy atom. The Kier molecular flexibility index (Phi) is 4.68. The highest BCUT2D eigenvalue weighted by Crippen LogP contribution is 2.20. The number of aromatic nitrogens is 2. The second-order valence-electron chi connectivity index (χ2n) is 4.90. The zero-order valence-electron chi connectivity index (χ0n) is 12.7. The maximum Gasteiger partial charge on any atom is 0.257 e. The SMILES string of the molecule is Cc1cnc(NC(=O)c2cccc(OCc3csc(C)n3)c2)s1. The Morgan fingerprint density at radius 3 is 2.91 bits per heavy atom. The van der Waals surface area contributed by atoms with Crippen LogP contribution >= 0.6 is 22.7 Å². The highest BCUT2D eigenvalue weighted by atomic mass is 32.1. The third-order valence-corrected chi connectivity index (χ3v) is 4.64. The van der Waals surface area contributed by atoms with E-state index in [0.717, 1.165) is 15.6 Å². The molecule has 7 heteroatoms. The van der Waals surface area contributed by atoms with Crippen LogP contribution < -0.4 is 10.1 Å². The molecule has 23 heavy (non-hydrogen) atoms. The summed E-state index contributed by atoms with van der Waals surface area (Å²) in [4.78, 5) is 21.8. The lowest BCUT2D eigenvalue weighted by Gasteiger charge is -2.06. The number of carbonyl (C=O) groups excluding carboxylic acids is 1. The topological polar surface area (TPSA) is 64.1 Å². The Labute approximate surface area is 142 Å². The number of rotatable bonds is 5. The standard InChI is InChI=1S/C16H15N3O2S2/c1-10-7-17-16(23-10)19-15(20)12-4-3-5-14(6-12)21-8-13-9-22-11(2)18-13/h3-7,9H,8H2,1-2H3,(H,17,19,20). The van der Waals surface area contributed by atoms with Crippen molar-refractivity contribution in [2.45, 2.75) is 20.5 Å². The quantitative estimate of drug-likeness (QED) is 0.758. The molecule has 0 aliphatic carbocycles. The van der Waals surface area contributed by atoms with Crippen molar-refractivity contribution in [3.63, 3.8) is 0 Å². The number of anilines is 1. The van der Waals surface area contributed by atoms with Crippen molar-refractivity contribution >= 4 is 33.7 Å². The van der Waals surface area contributed by atoms with Crippen molar-refractivity contribution in [1.29, 1.82) is 0 Å². The maximum atomic E-state index is 12.2. The van der Waals surface area contributed by atoms with E-state index in [1.54, 1.807) is 35.7 Å². The number of carbonyl (C=O) groups is 1. The predicted molar refractivity (Wildman–Crippen MR) is 92.4 cm³/mol. The Balaban J connectivity index is 1.65. The van der Waals surface area contributed by atoms with E-state index in [1.165, 1.54) is 11.3 Å². The summed E-state index contributed by atoms with van der Waals surface area (Å²) in [6, 6.07) is 7.08. The number of hydrogen-bond acceptors (Lipinski definition) is 6. The molecule has 2 heterocycles. The van der Waals surface area contributed by atoms with E-state index in [9.17, 15) is 4.79 Å². The van der Waals surface area contributed by atoms with Gasteiger partial charge < -0.3 is 4.74 Å². The van der Waals surface area contributed by atoms with E-state index in [2.05, 4.69) is 15.3 Å². The number of nitrogens with one attached hydrogen (secondary N) is 1.